The van der Waals surface area contributed by atoms with Crippen LogP contribution in [0, 0.1) is 0 Å². The van der Waals surface area contributed by atoms with Gasteiger partial charge in [0.2, 0.25) is 0 Å². The summed E-state index contributed by atoms with van der Waals surface area (Å²) in [4.78, 5) is 4.13. The van der Waals surface area contributed by atoms with E-state index in [1.54, 1.807) is 20.2 Å². The number of methoxy groups -OCH3 is 1. The normalized spacial score (nSPS) is 17.7. The lowest BCUT2D eigenvalue weighted by atomic mass is 9.97. The Morgan fingerprint density at radius 1 is 1.32 bits per heavy atom. The van der Waals surface area contributed by atoms with E-state index in [2.05, 4.69) is 25.1 Å². The fourth-order valence-corrected chi connectivity index (χ4v) is 1.86. The van der Waals surface area contributed by atoms with Crippen LogP contribution >= 0.6 is 0 Å². The van der Waals surface area contributed by atoms with Crippen molar-refractivity contribution in [3.8, 4) is 0 Å². The van der Waals surface area contributed by atoms with Crippen molar-refractivity contribution in [1.82, 2.24) is 0 Å². The third-order valence-electron chi connectivity index (χ3n) is 3.16. The van der Waals surface area contributed by atoms with E-state index in [9.17, 15) is 0 Å². The van der Waals surface area contributed by atoms with Crippen LogP contribution in [0.5, 0.6) is 0 Å². The summed E-state index contributed by atoms with van der Waals surface area (Å²) in [7, 11) is 3.54. The zero-order valence-corrected chi connectivity index (χ0v) is 13.0. The Bertz CT molecular complexity index is 395. The molecule has 0 aromatic carbocycles. The Kier molecular flexibility index (Phi) is 8.01. The zero-order valence-electron chi connectivity index (χ0n) is 13.0. The van der Waals surface area contributed by atoms with Gasteiger partial charge in [-0.1, -0.05) is 45.2 Å². The van der Waals surface area contributed by atoms with Crippen molar-refractivity contribution in [2.45, 2.75) is 39.2 Å². The van der Waals surface area contributed by atoms with Crippen LogP contribution in [0.15, 0.2) is 53.1 Å². The number of nitrogens with zero attached hydrogens (tertiary/aromatic N) is 1. The highest BCUT2D eigenvalue weighted by atomic mass is 16.5. The third kappa shape index (κ3) is 4.64. The van der Waals surface area contributed by atoms with Crippen molar-refractivity contribution in [3.05, 3.63) is 48.1 Å². The van der Waals surface area contributed by atoms with E-state index in [0.717, 1.165) is 29.6 Å². The molecule has 0 unspecified atom stereocenters. The van der Waals surface area contributed by atoms with Crippen LogP contribution in [0.2, 0.25) is 0 Å². The maximum absolute atomic E-state index is 5.60. The molecule has 0 radical (unpaired) electrons. The molecule has 0 bridgehead atoms. The minimum absolute atomic E-state index is 0.130. The summed E-state index contributed by atoms with van der Waals surface area (Å²) in [5, 5.41) is 0. The van der Waals surface area contributed by atoms with E-state index in [1.807, 2.05) is 32.2 Å². The van der Waals surface area contributed by atoms with Gasteiger partial charge in [-0.25, -0.2) is 0 Å². The van der Waals surface area contributed by atoms with Crippen molar-refractivity contribution < 1.29 is 4.74 Å². The number of rotatable bonds is 6. The predicted molar refractivity (Wildman–Crippen MR) is 85.9 cm³/mol. The van der Waals surface area contributed by atoms with Crippen LogP contribution in [-0.4, -0.2) is 26.0 Å². The molecule has 0 spiro atoms. The van der Waals surface area contributed by atoms with Gasteiger partial charge in [0.15, 0.2) is 0 Å². The Labute approximate surface area is 118 Å². The van der Waals surface area contributed by atoms with Gasteiger partial charge in [-0.3, -0.25) is 4.99 Å². The summed E-state index contributed by atoms with van der Waals surface area (Å²) >= 11 is 0. The molecule has 0 saturated heterocycles. The van der Waals surface area contributed by atoms with Crippen LogP contribution < -0.4 is 0 Å². The second kappa shape index (κ2) is 8.65. The topological polar surface area (TPSA) is 21.6 Å². The van der Waals surface area contributed by atoms with Gasteiger partial charge in [-0.2, -0.15) is 0 Å². The Balaban J connectivity index is 0.00000154. The van der Waals surface area contributed by atoms with Crippen LogP contribution in [0.25, 0.3) is 0 Å². The average Bonchev–Trinajstić information content (AvgIpc) is 3.24. The summed E-state index contributed by atoms with van der Waals surface area (Å²) < 4.78 is 5.60. The monoisotopic (exact) mass is 261 g/mol. The highest BCUT2D eigenvalue weighted by Crippen LogP contribution is 2.46. The number of aliphatic imine (C=N–C) groups is 1. The van der Waals surface area contributed by atoms with E-state index >= 15 is 0 Å². The maximum Gasteiger partial charge on any atom is 0.0947 e. The second-order valence-electron chi connectivity index (χ2n) is 4.24. The number of hydrogen-bond acceptors (Lipinski definition) is 2. The van der Waals surface area contributed by atoms with Crippen LogP contribution in [-0.2, 0) is 4.74 Å². The molecule has 0 aliphatic heterocycles. The summed E-state index contributed by atoms with van der Waals surface area (Å²) in [6, 6.07) is 0. The summed E-state index contributed by atoms with van der Waals surface area (Å²) in [6.07, 6.45) is 9.59. The van der Waals surface area contributed by atoms with E-state index in [1.165, 1.54) is 0 Å². The molecule has 1 aliphatic carbocycles. The van der Waals surface area contributed by atoms with Gasteiger partial charge in [-0.15, -0.1) is 0 Å². The van der Waals surface area contributed by atoms with Gasteiger partial charge in [0.25, 0.3) is 0 Å². The molecule has 19 heavy (non-hydrogen) atoms. The fourth-order valence-electron chi connectivity index (χ4n) is 1.86. The molecule has 1 aliphatic rings. The van der Waals surface area contributed by atoms with Crippen LogP contribution in [0.4, 0.5) is 0 Å². The van der Waals surface area contributed by atoms with Crippen molar-refractivity contribution in [3.63, 3.8) is 0 Å². The minimum atomic E-state index is -0.130. The Morgan fingerprint density at radius 3 is 2.26 bits per heavy atom. The van der Waals surface area contributed by atoms with Gasteiger partial charge >= 0.3 is 0 Å². The molecule has 2 nitrogen and oxygen atoms in total. The van der Waals surface area contributed by atoms with Crippen molar-refractivity contribution >= 4 is 6.21 Å². The van der Waals surface area contributed by atoms with Gasteiger partial charge in [0, 0.05) is 25.9 Å². The smallest absolute Gasteiger partial charge is 0.0947 e. The predicted octanol–water partition coefficient (Wildman–Crippen LogP) is 4.51. The molecule has 1 saturated carbocycles. The first kappa shape index (κ1) is 17.6. The largest absolute Gasteiger partial charge is 0.373 e. The van der Waals surface area contributed by atoms with E-state index < -0.39 is 0 Å². The molecule has 0 aromatic heterocycles. The lowest BCUT2D eigenvalue weighted by Crippen LogP contribution is -2.18. The van der Waals surface area contributed by atoms with Crippen molar-refractivity contribution in [2.75, 3.05) is 14.2 Å². The lowest BCUT2D eigenvalue weighted by Gasteiger charge is -2.18. The minimum Gasteiger partial charge on any atom is -0.373 e. The first-order valence-electron chi connectivity index (χ1n) is 6.78. The van der Waals surface area contributed by atoms with E-state index in [0.29, 0.717) is 0 Å². The van der Waals surface area contributed by atoms with Crippen molar-refractivity contribution in [2.24, 2.45) is 4.99 Å². The average molecular weight is 261 g/mol. The van der Waals surface area contributed by atoms with Crippen LogP contribution in [0.1, 0.15) is 33.6 Å². The summed E-state index contributed by atoms with van der Waals surface area (Å²) in [6.45, 7) is 13.8. The SMILES string of the molecule is C=C/C=C\C(=C)/C(C)=C(/C=NC)C1(OC)CC1.CC. The quantitative estimate of drug-likeness (QED) is 0.509. The summed E-state index contributed by atoms with van der Waals surface area (Å²) in [5.74, 6) is 0. The number of hydrogen-bond donors (Lipinski definition) is 0. The standard InChI is InChI=1S/C15H21NO.C2H6/c1-6-7-8-12(2)13(3)14(11-16-4)15(17-5)9-10-15;1-2/h6-8,11H,1-2,9-10H2,3-5H3;1-2H3/b8-7-,14-13-,16-11?;. The number of allylic oxidation sites excluding steroid dienone is 5. The molecule has 0 heterocycles. The molecule has 0 aromatic rings. The molecule has 2 heteroatoms. The molecule has 106 valence electrons. The highest BCUT2D eigenvalue weighted by Gasteiger charge is 2.46. The zero-order chi connectivity index (χ0) is 14.9. The van der Waals surface area contributed by atoms with Gasteiger partial charge in [-0.05, 0) is 30.9 Å². The second-order valence-corrected chi connectivity index (χ2v) is 4.24. The van der Waals surface area contributed by atoms with Gasteiger partial charge in [0.05, 0.1) is 5.60 Å². The van der Waals surface area contributed by atoms with Crippen LogP contribution in [0.3, 0.4) is 0 Å². The molecule has 1 rings (SSSR count). The lowest BCUT2D eigenvalue weighted by molar-refractivity contribution is 0.116. The van der Waals surface area contributed by atoms with E-state index in [-0.39, 0.29) is 5.60 Å². The molecule has 0 amide bonds. The van der Waals surface area contributed by atoms with Gasteiger partial charge < -0.3 is 4.74 Å². The molecular formula is C17H27NO. The molecule has 1 fully saturated rings. The van der Waals surface area contributed by atoms with Gasteiger partial charge in [0.1, 0.15) is 0 Å². The molecular weight excluding hydrogens is 234 g/mol. The molecule has 0 N–H and O–H groups in total. The Morgan fingerprint density at radius 2 is 1.89 bits per heavy atom. The first-order chi connectivity index (χ1) is 9.11. The third-order valence-corrected chi connectivity index (χ3v) is 3.16. The molecule has 0 atom stereocenters. The number of ether oxygens (including phenoxy) is 1. The summed E-state index contributed by atoms with van der Waals surface area (Å²) in [5.41, 5.74) is 3.12. The Hall–Kier alpha value is -1.41. The first-order valence-corrected chi connectivity index (χ1v) is 6.78. The fraction of sp³-hybridized carbons (Fsp3) is 0.471. The van der Waals surface area contributed by atoms with E-state index in [4.69, 9.17) is 4.74 Å². The maximum atomic E-state index is 5.60. The van der Waals surface area contributed by atoms with Crippen molar-refractivity contribution in [1.29, 1.82) is 0 Å². The highest BCUT2D eigenvalue weighted by molar-refractivity contribution is 5.85.